The number of aryl methyl sites for hydroxylation is 1. The summed E-state index contributed by atoms with van der Waals surface area (Å²) in [6.07, 6.45) is 2.39. The number of hydrogen-bond donors (Lipinski definition) is 0. The number of methoxy groups -OCH3 is 1. The van der Waals surface area contributed by atoms with Crippen molar-refractivity contribution in [3.8, 4) is 5.75 Å². The Morgan fingerprint density at radius 2 is 2.07 bits per heavy atom. The molecule has 2 nitrogen and oxygen atoms in total. The Bertz CT molecular complexity index is 296. The average Bonchev–Trinajstić information content (AvgIpc) is 2.14. The molecule has 14 heavy (non-hydrogen) atoms. The van der Waals surface area contributed by atoms with E-state index in [1.807, 2.05) is 0 Å². The summed E-state index contributed by atoms with van der Waals surface area (Å²) < 4.78 is 5.29. The highest BCUT2D eigenvalue weighted by atomic mass is 16.5. The molecule has 1 aliphatic rings. The Kier molecular flexibility index (Phi) is 2.62. The zero-order chi connectivity index (χ0) is 9.97. The van der Waals surface area contributed by atoms with Crippen LogP contribution in [0.5, 0.6) is 5.75 Å². The van der Waals surface area contributed by atoms with Crippen LogP contribution in [0.3, 0.4) is 0 Å². The molecule has 1 saturated heterocycles. The molecule has 2 heteroatoms. The van der Waals surface area contributed by atoms with Crippen LogP contribution in [0.4, 0.5) is 5.69 Å². The Balaban J connectivity index is 2.28. The van der Waals surface area contributed by atoms with Gasteiger partial charge in [-0.25, -0.2) is 0 Å². The monoisotopic (exact) mass is 191 g/mol. The summed E-state index contributed by atoms with van der Waals surface area (Å²) in [5, 5.41) is 0. The molecule has 1 fully saturated rings. The van der Waals surface area contributed by atoms with E-state index in [-0.39, 0.29) is 0 Å². The van der Waals surface area contributed by atoms with Gasteiger partial charge in [-0.15, -0.1) is 0 Å². The molecule has 1 aliphatic heterocycles. The van der Waals surface area contributed by atoms with Crippen LogP contribution in [0.1, 0.15) is 18.9 Å². The second-order valence-corrected chi connectivity index (χ2v) is 3.73. The number of hydrogen-bond acceptors (Lipinski definition) is 2. The van der Waals surface area contributed by atoms with Gasteiger partial charge in [0.05, 0.1) is 7.11 Å². The highest BCUT2D eigenvalue weighted by Gasteiger charge is 2.15. The van der Waals surface area contributed by atoms with Gasteiger partial charge in [-0.05, 0) is 30.5 Å². The topological polar surface area (TPSA) is 12.5 Å². The number of anilines is 1. The molecular formula is C12H17NO. The van der Waals surface area contributed by atoms with Crippen LogP contribution in [0.2, 0.25) is 0 Å². The van der Waals surface area contributed by atoms with Crippen LogP contribution in [-0.4, -0.2) is 20.2 Å². The zero-order valence-electron chi connectivity index (χ0n) is 8.92. The lowest BCUT2D eigenvalue weighted by Gasteiger charge is -2.33. The normalized spacial score (nSPS) is 15.1. The first kappa shape index (κ1) is 9.38. The minimum atomic E-state index is 0.978. The van der Waals surface area contributed by atoms with Crippen molar-refractivity contribution in [3.63, 3.8) is 0 Å². The molecule has 0 spiro atoms. The summed E-state index contributed by atoms with van der Waals surface area (Å²) in [5.41, 5.74) is 2.67. The molecule has 1 aromatic carbocycles. The lowest BCUT2D eigenvalue weighted by atomic mass is 10.1. The maximum atomic E-state index is 5.29. The van der Waals surface area contributed by atoms with Crippen LogP contribution in [0, 0.1) is 0 Å². The van der Waals surface area contributed by atoms with Crippen molar-refractivity contribution in [2.45, 2.75) is 19.8 Å². The summed E-state index contributed by atoms with van der Waals surface area (Å²) in [4.78, 5) is 2.39. The summed E-state index contributed by atoms with van der Waals surface area (Å²) in [7, 11) is 1.73. The van der Waals surface area contributed by atoms with Gasteiger partial charge >= 0.3 is 0 Å². The maximum Gasteiger partial charge on any atom is 0.121 e. The molecule has 0 aliphatic carbocycles. The fourth-order valence-electron chi connectivity index (χ4n) is 1.72. The first-order valence-electron chi connectivity index (χ1n) is 5.26. The molecule has 1 aromatic rings. The van der Waals surface area contributed by atoms with Crippen molar-refractivity contribution < 1.29 is 4.74 Å². The quantitative estimate of drug-likeness (QED) is 0.727. The molecular weight excluding hydrogens is 174 g/mol. The van der Waals surface area contributed by atoms with Gasteiger partial charge in [-0.1, -0.05) is 6.92 Å². The Morgan fingerprint density at radius 3 is 2.57 bits per heavy atom. The summed E-state index contributed by atoms with van der Waals surface area (Å²) in [5.74, 6) is 0.978. The third kappa shape index (κ3) is 1.69. The van der Waals surface area contributed by atoms with Gasteiger partial charge in [-0.3, -0.25) is 0 Å². The number of nitrogens with zero attached hydrogens (tertiary/aromatic N) is 1. The summed E-state index contributed by atoms with van der Waals surface area (Å²) in [6.45, 7) is 4.56. The second kappa shape index (κ2) is 3.91. The van der Waals surface area contributed by atoms with E-state index in [0.717, 1.165) is 12.2 Å². The minimum Gasteiger partial charge on any atom is -0.497 e. The molecule has 0 amide bonds. The SMILES string of the molecule is CCc1cc(OC)cc(N2CCC2)c1. The van der Waals surface area contributed by atoms with Crippen molar-refractivity contribution in [3.05, 3.63) is 23.8 Å². The minimum absolute atomic E-state index is 0.978. The van der Waals surface area contributed by atoms with E-state index in [4.69, 9.17) is 4.74 Å². The molecule has 0 radical (unpaired) electrons. The van der Waals surface area contributed by atoms with E-state index in [1.54, 1.807) is 7.11 Å². The van der Waals surface area contributed by atoms with Gasteiger partial charge in [0.1, 0.15) is 5.75 Å². The Hall–Kier alpha value is -1.18. The van der Waals surface area contributed by atoms with E-state index in [2.05, 4.69) is 30.0 Å². The van der Waals surface area contributed by atoms with E-state index in [1.165, 1.54) is 30.8 Å². The number of ether oxygens (including phenoxy) is 1. The largest absolute Gasteiger partial charge is 0.497 e. The molecule has 0 saturated carbocycles. The van der Waals surface area contributed by atoms with E-state index < -0.39 is 0 Å². The van der Waals surface area contributed by atoms with Gasteiger partial charge in [0.2, 0.25) is 0 Å². The van der Waals surface area contributed by atoms with Gasteiger partial charge in [0, 0.05) is 24.8 Å². The van der Waals surface area contributed by atoms with E-state index in [0.29, 0.717) is 0 Å². The molecule has 0 bridgehead atoms. The van der Waals surface area contributed by atoms with Crippen LogP contribution in [0.15, 0.2) is 18.2 Å². The zero-order valence-corrected chi connectivity index (χ0v) is 8.92. The fraction of sp³-hybridized carbons (Fsp3) is 0.500. The predicted octanol–water partition coefficient (Wildman–Crippen LogP) is 2.47. The van der Waals surface area contributed by atoms with Gasteiger partial charge in [0.15, 0.2) is 0 Å². The molecule has 76 valence electrons. The number of rotatable bonds is 3. The third-order valence-corrected chi connectivity index (χ3v) is 2.82. The van der Waals surface area contributed by atoms with Crippen molar-refractivity contribution in [2.75, 3.05) is 25.1 Å². The molecule has 0 aromatic heterocycles. The van der Waals surface area contributed by atoms with Crippen molar-refractivity contribution in [1.29, 1.82) is 0 Å². The fourth-order valence-corrected chi connectivity index (χ4v) is 1.72. The van der Waals surface area contributed by atoms with Crippen LogP contribution in [0.25, 0.3) is 0 Å². The average molecular weight is 191 g/mol. The van der Waals surface area contributed by atoms with Gasteiger partial charge in [-0.2, -0.15) is 0 Å². The summed E-state index contributed by atoms with van der Waals surface area (Å²) in [6, 6.07) is 6.50. The first-order chi connectivity index (χ1) is 6.83. The lowest BCUT2D eigenvalue weighted by Crippen LogP contribution is -2.36. The molecule has 0 atom stereocenters. The Labute approximate surface area is 85.5 Å². The van der Waals surface area contributed by atoms with Crippen molar-refractivity contribution in [1.82, 2.24) is 0 Å². The highest BCUT2D eigenvalue weighted by Crippen LogP contribution is 2.27. The van der Waals surface area contributed by atoms with E-state index in [9.17, 15) is 0 Å². The molecule has 1 heterocycles. The van der Waals surface area contributed by atoms with Crippen LogP contribution in [-0.2, 0) is 6.42 Å². The van der Waals surface area contributed by atoms with E-state index >= 15 is 0 Å². The molecule has 0 N–H and O–H groups in total. The summed E-state index contributed by atoms with van der Waals surface area (Å²) >= 11 is 0. The first-order valence-corrected chi connectivity index (χ1v) is 5.26. The second-order valence-electron chi connectivity index (χ2n) is 3.73. The smallest absolute Gasteiger partial charge is 0.121 e. The van der Waals surface area contributed by atoms with Crippen LogP contribution >= 0.6 is 0 Å². The van der Waals surface area contributed by atoms with Gasteiger partial charge in [0.25, 0.3) is 0 Å². The highest BCUT2D eigenvalue weighted by molar-refractivity contribution is 5.54. The third-order valence-electron chi connectivity index (χ3n) is 2.82. The lowest BCUT2D eigenvalue weighted by molar-refractivity contribution is 0.414. The molecule has 2 rings (SSSR count). The van der Waals surface area contributed by atoms with Gasteiger partial charge < -0.3 is 9.64 Å². The standard InChI is InChI=1S/C12H17NO/c1-3-10-7-11(13-5-4-6-13)9-12(8-10)14-2/h7-9H,3-6H2,1-2H3. The molecule has 0 unspecified atom stereocenters. The predicted molar refractivity (Wildman–Crippen MR) is 59.2 cm³/mol. The van der Waals surface area contributed by atoms with Crippen molar-refractivity contribution in [2.24, 2.45) is 0 Å². The van der Waals surface area contributed by atoms with Crippen molar-refractivity contribution >= 4 is 5.69 Å². The number of benzene rings is 1. The maximum absolute atomic E-state index is 5.29. The van der Waals surface area contributed by atoms with Crippen LogP contribution < -0.4 is 9.64 Å². The Morgan fingerprint density at radius 1 is 1.29 bits per heavy atom.